The maximum absolute atomic E-state index is 7.58. The number of rotatable bonds is 2. The van der Waals surface area contributed by atoms with Gasteiger partial charge in [-0.05, 0) is 19.2 Å². The van der Waals surface area contributed by atoms with Gasteiger partial charge in [0.15, 0.2) is 0 Å². The summed E-state index contributed by atoms with van der Waals surface area (Å²) in [6.45, 7) is 4.13. The van der Waals surface area contributed by atoms with Crippen LogP contribution in [-0.4, -0.2) is 44.0 Å². The minimum absolute atomic E-state index is 0. The molecule has 1 saturated heterocycles. The number of nitrogens with zero attached hydrogens (tertiary/aromatic N) is 2. The molecule has 1 heterocycles. The van der Waals surface area contributed by atoms with Crippen molar-refractivity contribution < 1.29 is 0 Å². The zero-order valence-electron chi connectivity index (χ0n) is 10.0. The third kappa shape index (κ3) is 3.11. The molecule has 0 aliphatic carbocycles. The fourth-order valence-corrected chi connectivity index (χ4v) is 2.02. The predicted octanol–water partition coefficient (Wildman–Crippen LogP) is 1.14. The first kappa shape index (κ1) is 13.8. The highest BCUT2D eigenvalue weighted by Crippen LogP contribution is 2.20. The Hall–Kier alpha value is -1.26. The lowest BCUT2D eigenvalue weighted by molar-refractivity contribution is 0.313. The second-order valence-corrected chi connectivity index (χ2v) is 4.22. The second-order valence-electron chi connectivity index (χ2n) is 4.22. The van der Waals surface area contributed by atoms with Gasteiger partial charge in [0, 0.05) is 37.4 Å². The largest absolute Gasteiger partial charge is 0.384 e. The summed E-state index contributed by atoms with van der Waals surface area (Å²) in [7, 11) is 2.13. The van der Waals surface area contributed by atoms with Gasteiger partial charge in [0.1, 0.15) is 5.84 Å². The maximum atomic E-state index is 7.58. The van der Waals surface area contributed by atoms with E-state index in [-0.39, 0.29) is 18.2 Å². The number of para-hydroxylation sites is 1. The minimum atomic E-state index is 0. The van der Waals surface area contributed by atoms with Crippen LogP contribution in [0.15, 0.2) is 24.3 Å². The van der Waals surface area contributed by atoms with Crippen LogP contribution in [-0.2, 0) is 0 Å². The second kappa shape index (κ2) is 5.89. The summed E-state index contributed by atoms with van der Waals surface area (Å²) in [5.41, 5.74) is 7.52. The molecule has 2 rings (SSSR count). The lowest BCUT2D eigenvalue weighted by Gasteiger charge is -2.35. The third-order valence-electron chi connectivity index (χ3n) is 3.04. The Bertz CT molecular complexity index is 386. The quantitative estimate of drug-likeness (QED) is 0.615. The van der Waals surface area contributed by atoms with E-state index in [0.29, 0.717) is 0 Å². The molecule has 1 aromatic carbocycles. The molecule has 0 unspecified atom stereocenters. The minimum Gasteiger partial charge on any atom is -0.384 e. The van der Waals surface area contributed by atoms with Crippen molar-refractivity contribution in [2.24, 2.45) is 5.73 Å². The molecule has 0 saturated carbocycles. The summed E-state index contributed by atoms with van der Waals surface area (Å²) < 4.78 is 0. The molecule has 94 valence electrons. The Labute approximate surface area is 108 Å². The standard InChI is InChI=1S/C12H18N4.ClH/c1-15-6-8-16(9-7-15)11-5-3-2-4-10(11)12(13)14;/h2-5H,6-9H2,1H3,(H3,13,14);1H. The number of piperazine rings is 1. The normalized spacial score (nSPS) is 16.4. The molecular weight excluding hydrogens is 236 g/mol. The Morgan fingerprint density at radius 1 is 1.18 bits per heavy atom. The monoisotopic (exact) mass is 254 g/mol. The van der Waals surface area contributed by atoms with Gasteiger partial charge in [-0.3, -0.25) is 5.41 Å². The first-order valence-electron chi connectivity index (χ1n) is 5.55. The number of hydrogen-bond donors (Lipinski definition) is 2. The van der Waals surface area contributed by atoms with Crippen LogP contribution in [0.5, 0.6) is 0 Å². The first-order valence-corrected chi connectivity index (χ1v) is 5.55. The summed E-state index contributed by atoms with van der Waals surface area (Å²) >= 11 is 0. The highest BCUT2D eigenvalue weighted by Gasteiger charge is 2.17. The number of benzene rings is 1. The maximum Gasteiger partial charge on any atom is 0.124 e. The van der Waals surface area contributed by atoms with Gasteiger partial charge in [0.2, 0.25) is 0 Å². The number of nitrogens with two attached hydrogens (primary N) is 1. The summed E-state index contributed by atoms with van der Waals surface area (Å²) in [5, 5.41) is 7.58. The van der Waals surface area contributed by atoms with Crippen molar-refractivity contribution in [1.82, 2.24) is 4.90 Å². The number of anilines is 1. The van der Waals surface area contributed by atoms with Gasteiger partial charge in [-0.2, -0.15) is 0 Å². The highest BCUT2D eigenvalue weighted by molar-refractivity contribution is 6.00. The summed E-state index contributed by atoms with van der Waals surface area (Å²) in [6.07, 6.45) is 0. The number of hydrogen-bond acceptors (Lipinski definition) is 3. The number of nitrogens with one attached hydrogen (secondary N) is 1. The van der Waals surface area contributed by atoms with E-state index in [2.05, 4.69) is 16.8 Å². The Kier molecular flexibility index (Phi) is 4.78. The molecule has 1 aliphatic rings. The van der Waals surface area contributed by atoms with Crippen LogP contribution in [0.2, 0.25) is 0 Å². The van der Waals surface area contributed by atoms with Crippen molar-refractivity contribution in [1.29, 1.82) is 5.41 Å². The fourth-order valence-electron chi connectivity index (χ4n) is 2.02. The van der Waals surface area contributed by atoms with Gasteiger partial charge in [-0.25, -0.2) is 0 Å². The molecule has 5 heteroatoms. The summed E-state index contributed by atoms with van der Waals surface area (Å²) in [6, 6.07) is 7.88. The van der Waals surface area contributed by atoms with Crippen LogP contribution in [0.4, 0.5) is 5.69 Å². The number of likely N-dealkylation sites (N-methyl/N-ethyl adjacent to an activating group) is 1. The smallest absolute Gasteiger partial charge is 0.124 e. The van der Waals surface area contributed by atoms with Gasteiger partial charge < -0.3 is 15.5 Å². The van der Waals surface area contributed by atoms with Crippen LogP contribution in [0, 0.1) is 5.41 Å². The van der Waals surface area contributed by atoms with Gasteiger partial charge in [0.05, 0.1) is 0 Å². The van der Waals surface area contributed by atoms with Crippen molar-refractivity contribution in [3.8, 4) is 0 Å². The molecule has 0 spiro atoms. The van der Waals surface area contributed by atoms with E-state index < -0.39 is 0 Å². The zero-order chi connectivity index (χ0) is 11.5. The molecule has 1 aliphatic heterocycles. The molecule has 4 nitrogen and oxygen atoms in total. The van der Waals surface area contributed by atoms with Crippen LogP contribution in [0.25, 0.3) is 0 Å². The first-order chi connectivity index (χ1) is 7.68. The summed E-state index contributed by atoms with van der Waals surface area (Å²) in [4.78, 5) is 4.61. The number of nitrogen functional groups attached to an aromatic ring is 1. The predicted molar refractivity (Wildman–Crippen MR) is 74.4 cm³/mol. The van der Waals surface area contributed by atoms with E-state index in [0.717, 1.165) is 37.4 Å². The van der Waals surface area contributed by atoms with Gasteiger partial charge in [0.25, 0.3) is 0 Å². The average molecular weight is 255 g/mol. The van der Waals surface area contributed by atoms with Crippen molar-refractivity contribution >= 4 is 23.9 Å². The molecule has 0 amide bonds. The molecule has 1 fully saturated rings. The lowest BCUT2D eigenvalue weighted by atomic mass is 10.1. The Morgan fingerprint density at radius 3 is 2.35 bits per heavy atom. The number of halogens is 1. The molecule has 1 aromatic rings. The van der Waals surface area contributed by atoms with Crippen LogP contribution >= 0.6 is 12.4 Å². The van der Waals surface area contributed by atoms with Crippen LogP contribution in [0.1, 0.15) is 5.56 Å². The van der Waals surface area contributed by atoms with Crippen LogP contribution < -0.4 is 10.6 Å². The highest BCUT2D eigenvalue weighted by atomic mass is 35.5. The van der Waals surface area contributed by atoms with Crippen molar-refractivity contribution in [2.45, 2.75) is 0 Å². The topological polar surface area (TPSA) is 56.4 Å². The van der Waals surface area contributed by atoms with E-state index in [1.54, 1.807) is 0 Å². The SMILES string of the molecule is CN1CCN(c2ccccc2C(=N)N)CC1.Cl. The molecule has 17 heavy (non-hydrogen) atoms. The fraction of sp³-hybridized carbons (Fsp3) is 0.417. The van der Waals surface area contributed by atoms with E-state index in [1.807, 2.05) is 24.3 Å². The van der Waals surface area contributed by atoms with Crippen molar-refractivity contribution in [2.75, 3.05) is 38.1 Å². The molecule has 0 aromatic heterocycles. The Balaban J connectivity index is 0.00000144. The van der Waals surface area contributed by atoms with Gasteiger partial charge in [-0.1, -0.05) is 12.1 Å². The lowest BCUT2D eigenvalue weighted by Crippen LogP contribution is -2.45. The zero-order valence-corrected chi connectivity index (χ0v) is 10.8. The summed E-state index contributed by atoms with van der Waals surface area (Å²) in [5.74, 6) is 0.148. The molecule has 0 bridgehead atoms. The third-order valence-corrected chi connectivity index (χ3v) is 3.04. The molecular formula is C12H19ClN4. The van der Waals surface area contributed by atoms with Gasteiger partial charge >= 0.3 is 0 Å². The average Bonchev–Trinajstić information content (AvgIpc) is 2.30. The van der Waals surface area contributed by atoms with Crippen LogP contribution in [0.3, 0.4) is 0 Å². The Morgan fingerprint density at radius 2 is 1.76 bits per heavy atom. The van der Waals surface area contributed by atoms with E-state index in [1.165, 1.54) is 0 Å². The molecule has 0 radical (unpaired) electrons. The van der Waals surface area contributed by atoms with E-state index >= 15 is 0 Å². The van der Waals surface area contributed by atoms with E-state index in [4.69, 9.17) is 11.1 Å². The number of amidine groups is 1. The van der Waals surface area contributed by atoms with Gasteiger partial charge in [-0.15, -0.1) is 12.4 Å². The van der Waals surface area contributed by atoms with Crippen molar-refractivity contribution in [3.63, 3.8) is 0 Å². The molecule has 0 atom stereocenters. The van der Waals surface area contributed by atoms with E-state index in [9.17, 15) is 0 Å². The molecule has 3 N–H and O–H groups in total. The van der Waals surface area contributed by atoms with Crippen molar-refractivity contribution in [3.05, 3.63) is 29.8 Å².